The van der Waals surface area contributed by atoms with Gasteiger partial charge in [0.1, 0.15) is 12.1 Å². The van der Waals surface area contributed by atoms with Crippen LogP contribution in [0.3, 0.4) is 0 Å². The van der Waals surface area contributed by atoms with Crippen LogP contribution in [-0.4, -0.2) is 35.3 Å². The molecule has 19 heavy (non-hydrogen) atoms. The van der Waals surface area contributed by atoms with Crippen molar-refractivity contribution in [3.05, 3.63) is 0 Å². The number of amides is 2. The minimum Gasteiger partial charge on any atom is -0.342 e. The predicted molar refractivity (Wildman–Crippen MR) is 75.2 cm³/mol. The van der Waals surface area contributed by atoms with Crippen molar-refractivity contribution in [3.63, 3.8) is 0 Å². The first kappa shape index (κ1) is 15.6. The lowest BCUT2D eigenvalue weighted by Gasteiger charge is -2.44. The number of rotatable bonds is 3. The summed E-state index contributed by atoms with van der Waals surface area (Å²) in [5, 5.41) is 2.86. The van der Waals surface area contributed by atoms with Gasteiger partial charge in [-0.3, -0.25) is 9.59 Å². The van der Waals surface area contributed by atoms with Crippen molar-refractivity contribution in [2.75, 3.05) is 6.54 Å². The zero-order valence-corrected chi connectivity index (χ0v) is 12.5. The van der Waals surface area contributed by atoms with Gasteiger partial charge >= 0.3 is 0 Å². The topological polar surface area (TPSA) is 49.4 Å². The predicted octanol–water partition coefficient (Wildman–Crippen LogP) is 1.41. The van der Waals surface area contributed by atoms with Crippen LogP contribution in [0.2, 0.25) is 0 Å². The van der Waals surface area contributed by atoms with E-state index in [1.165, 1.54) is 0 Å². The molecule has 0 saturated carbocycles. The van der Waals surface area contributed by atoms with Crippen molar-refractivity contribution < 1.29 is 9.59 Å². The molecule has 2 amide bonds. The number of hydrogen-bond donors (Lipinski definition) is 1. The van der Waals surface area contributed by atoms with Gasteiger partial charge in [-0.05, 0) is 11.3 Å². The molecule has 106 valence electrons. The summed E-state index contributed by atoms with van der Waals surface area (Å²) in [6.45, 7) is 10.2. The molecule has 0 spiro atoms. The Labute approximate surface area is 115 Å². The van der Waals surface area contributed by atoms with Crippen LogP contribution >= 0.6 is 0 Å². The van der Waals surface area contributed by atoms with E-state index in [0.29, 0.717) is 13.0 Å². The number of hydrogen-bond acceptors (Lipinski definition) is 2. The Balaban J connectivity index is 3.05. The van der Waals surface area contributed by atoms with E-state index in [-0.39, 0.29) is 23.1 Å². The van der Waals surface area contributed by atoms with E-state index in [2.05, 4.69) is 11.2 Å². The van der Waals surface area contributed by atoms with Crippen LogP contribution in [0.25, 0.3) is 0 Å². The molecular formula is C15H24N2O2. The van der Waals surface area contributed by atoms with Gasteiger partial charge in [0.05, 0.1) is 0 Å². The van der Waals surface area contributed by atoms with Gasteiger partial charge < -0.3 is 10.2 Å². The van der Waals surface area contributed by atoms with E-state index in [1.54, 1.807) is 4.90 Å². The Morgan fingerprint density at radius 3 is 2.37 bits per heavy atom. The van der Waals surface area contributed by atoms with Gasteiger partial charge in [0.25, 0.3) is 0 Å². The fourth-order valence-electron chi connectivity index (χ4n) is 2.42. The minimum atomic E-state index is -0.479. The summed E-state index contributed by atoms with van der Waals surface area (Å²) < 4.78 is 0. The normalized spacial score (nSPS) is 24.4. The highest BCUT2D eigenvalue weighted by Crippen LogP contribution is 2.27. The van der Waals surface area contributed by atoms with Crippen molar-refractivity contribution in [1.82, 2.24) is 10.2 Å². The summed E-state index contributed by atoms with van der Waals surface area (Å²) in [6, 6.07) is -0.896. The van der Waals surface area contributed by atoms with Crippen molar-refractivity contribution in [2.24, 2.45) is 11.3 Å². The fourth-order valence-corrected chi connectivity index (χ4v) is 2.42. The number of nitrogens with zero attached hydrogens (tertiary/aromatic N) is 1. The number of carbonyl (C=O) groups excluding carboxylic acids is 2. The number of nitrogens with one attached hydrogen (secondary N) is 1. The molecule has 1 aliphatic rings. The molecule has 0 aromatic rings. The maximum atomic E-state index is 12.6. The van der Waals surface area contributed by atoms with E-state index in [9.17, 15) is 9.59 Å². The third kappa shape index (κ3) is 3.28. The largest absolute Gasteiger partial charge is 0.342 e. The molecular weight excluding hydrogens is 240 g/mol. The molecule has 0 bridgehead atoms. The van der Waals surface area contributed by atoms with Gasteiger partial charge in [-0.15, -0.1) is 12.3 Å². The van der Waals surface area contributed by atoms with Crippen LogP contribution in [0.15, 0.2) is 0 Å². The second kappa shape index (κ2) is 5.64. The summed E-state index contributed by atoms with van der Waals surface area (Å²) in [6.07, 6.45) is 5.75. The molecule has 2 unspecified atom stereocenters. The summed E-state index contributed by atoms with van der Waals surface area (Å²) in [5.74, 6) is 2.51. The zero-order chi connectivity index (χ0) is 14.8. The second-order valence-electron chi connectivity index (χ2n) is 6.48. The lowest BCUT2D eigenvalue weighted by Crippen LogP contribution is -2.67. The standard InChI is InChI=1S/C15H24N2O2/c1-7-8-9-17-11(10(2)3)13(18)16-12(14(17)19)15(4,5)6/h1,10-12H,8-9H2,2-6H3,(H,16,18). The molecule has 1 aliphatic heterocycles. The first-order valence-corrected chi connectivity index (χ1v) is 6.74. The smallest absolute Gasteiger partial charge is 0.246 e. The summed E-state index contributed by atoms with van der Waals surface area (Å²) >= 11 is 0. The second-order valence-corrected chi connectivity index (χ2v) is 6.48. The van der Waals surface area contributed by atoms with Crippen molar-refractivity contribution in [3.8, 4) is 12.3 Å². The Kier molecular flexibility index (Phi) is 4.62. The Bertz CT molecular complexity index is 401. The Morgan fingerprint density at radius 2 is 1.95 bits per heavy atom. The monoisotopic (exact) mass is 264 g/mol. The molecule has 0 aliphatic carbocycles. The number of piperazine rings is 1. The third-order valence-corrected chi connectivity index (χ3v) is 3.42. The molecule has 0 aromatic heterocycles. The lowest BCUT2D eigenvalue weighted by atomic mass is 9.82. The van der Waals surface area contributed by atoms with Crippen LogP contribution in [0, 0.1) is 23.7 Å². The van der Waals surface area contributed by atoms with Crippen LogP contribution in [-0.2, 0) is 9.59 Å². The maximum Gasteiger partial charge on any atom is 0.246 e. The summed E-state index contributed by atoms with van der Waals surface area (Å²) in [7, 11) is 0. The van der Waals surface area contributed by atoms with Crippen LogP contribution in [0.5, 0.6) is 0 Å². The fraction of sp³-hybridized carbons (Fsp3) is 0.733. The van der Waals surface area contributed by atoms with E-state index in [1.807, 2.05) is 34.6 Å². The first-order valence-electron chi connectivity index (χ1n) is 6.74. The van der Waals surface area contributed by atoms with Crippen LogP contribution < -0.4 is 5.32 Å². The van der Waals surface area contributed by atoms with Gasteiger partial charge in [0.15, 0.2) is 0 Å². The van der Waals surface area contributed by atoms with Gasteiger partial charge in [0.2, 0.25) is 11.8 Å². The van der Waals surface area contributed by atoms with Crippen LogP contribution in [0.4, 0.5) is 0 Å². The van der Waals surface area contributed by atoms with E-state index in [4.69, 9.17) is 6.42 Å². The molecule has 1 rings (SSSR count). The van der Waals surface area contributed by atoms with E-state index >= 15 is 0 Å². The average Bonchev–Trinajstić information content (AvgIpc) is 2.27. The number of terminal acetylenes is 1. The molecule has 4 nitrogen and oxygen atoms in total. The average molecular weight is 264 g/mol. The third-order valence-electron chi connectivity index (χ3n) is 3.42. The van der Waals surface area contributed by atoms with Crippen molar-refractivity contribution >= 4 is 11.8 Å². The molecule has 4 heteroatoms. The highest BCUT2D eigenvalue weighted by Gasteiger charge is 2.45. The zero-order valence-electron chi connectivity index (χ0n) is 12.5. The Morgan fingerprint density at radius 1 is 1.37 bits per heavy atom. The molecule has 1 N–H and O–H groups in total. The molecule has 1 heterocycles. The quantitative estimate of drug-likeness (QED) is 0.784. The first-order chi connectivity index (χ1) is 8.70. The van der Waals surface area contributed by atoms with Gasteiger partial charge in [0, 0.05) is 13.0 Å². The summed E-state index contributed by atoms with van der Waals surface area (Å²) in [4.78, 5) is 26.5. The van der Waals surface area contributed by atoms with Gasteiger partial charge in [-0.1, -0.05) is 34.6 Å². The van der Waals surface area contributed by atoms with Gasteiger partial charge in [-0.2, -0.15) is 0 Å². The SMILES string of the molecule is C#CCCN1C(=O)C(C(C)(C)C)NC(=O)C1C(C)C. The molecule has 2 atom stereocenters. The summed E-state index contributed by atoms with van der Waals surface area (Å²) in [5.41, 5.74) is -0.302. The van der Waals surface area contributed by atoms with Crippen molar-refractivity contribution in [1.29, 1.82) is 0 Å². The molecule has 1 fully saturated rings. The van der Waals surface area contributed by atoms with Gasteiger partial charge in [-0.25, -0.2) is 0 Å². The minimum absolute atomic E-state index is 0.0268. The molecule has 0 aromatic carbocycles. The van der Waals surface area contributed by atoms with Crippen LogP contribution in [0.1, 0.15) is 41.0 Å². The highest BCUT2D eigenvalue weighted by molar-refractivity contribution is 5.97. The highest BCUT2D eigenvalue weighted by atomic mass is 16.2. The number of carbonyl (C=O) groups is 2. The lowest BCUT2D eigenvalue weighted by molar-refractivity contribution is -0.154. The van der Waals surface area contributed by atoms with E-state index < -0.39 is 12.1 Å². The maximum absolute atomic E-state index is 12.6. The molecule has 1 saturated heterocycles. The molecule has 0 radical (unpaired) electrons. The Hall–Kier alpha value is -1.50. The van der Waals surface area contributed by atoms with Crippen molar-refractivity contribution in [2.45, 2.75) is 53.1 Å². The van der Waals surface area contributed by atoms with E-state index in [0.717, 1.165) is 0 Å².